The second-order valence-electron chi connectivity index (χ2n) is 6.93. The highest BCUT2D eigenvalue weighted by atomic mass is 16.6. The molecule has 2 amide bonds. The van der Waals surface area contributed by atoms with E-state index in [0.29, 0.717) is 12.5 Å². The van der Waals surface area contributed by atoms with E-state index in [4.69, 9.17) is 5.73 Å². The van der Waals surface area contributed by atoms with E-state index in [1.807, 2.05) is 30.5 Å². The van der Waals surface area contributed by atoms with E-state index in [0.717, 1.165) is 43.7 Å². The van der Waals surface area contributed by atoms with Crippen molar-refractivity contribution in [2.24, 2.45) is 11.7 Å². The molecule has 1 fully saturated rings. The topological polar surface area (TPSA) is 97.6 Å². The van der Waals surface area contributed by atoms with Gasteiger partial charge in [0, 0.05) is 31.4 Å². The summed E-state index contributed by atoms with van der Waals surface area (Å²) in [4.78, 5) is 29.0. The number of pyridine rings is 1. The van der Waals surface area contributed by atoms with Crippen molar-refractivity contribution in [3.05, 3.63) is 48.7 Å². The van der Waals surface area contributed by atoms with Crippen LogP contribution in [0.3, 0.4) is 0 Å². The third-order valence-electron chi connectivity index (χ3n) is 4.95. The number of benzene rings is 1. The molecule has 1 aliphatic rings. The second-order valence-corrected chi connectivity index (χ2v) is 6.93. The Morgan fingerprint density at radius 2 is 1.89 bits per heavy atom. The van der Waals surface area contributed by atoms with Gasteiger partial charge in [0.15, 0.2) is 6.61 Å². The van der Waals surface area contributed by atoms with Gasteiger partial charge in [-0.15, -0.1) is 0 Å². The molecule has 28 heavy (non-hydrogen) atoms. The lowest BCUT2D eigenvalue weighted by Crippen LogP contribution is -2.36. The van der Waals surface area contributed by atoms with Crippen molar-refractivity contribution in [1.29, 1.82) is 0 Å². The highest BCUT2D eigenvalue weighted by Gasteiger charge is 2.22. The van der Waals surface area contributed by atoms with Crippen molar-refractivity contribution in [1.82, 2.24) is 10.3 Å². The molecule has 0 saturated carbocycles. The maximum absolute atomic E-state index is 11.4. The van der Waals surface area contributed by atoms with E-state index in [1.54, 1.807) is 0 Å². The van der Waals surface area contributed by atoms with Gasteiger partial charge >= 0.3 is 6.09 Å². The predicted molar refractivity (Wildman–Crippen MR) is 108 cm³/mol. The number of alkyl carbamates (subject to hydrolysis) is 1. The Hall–Kier alpha value is -3.09. The summed E-state index contributed by atoms with van der Waals surface area (Å²) in [5, 5.41) is 2.66. The van der Waals surface area contributed by atoms with Crippen LogP contribution in [0, 0.1) is 5.92 Å². The van der Waals surface area contributed by atoms with E-state index in [1.165, 1.54) is 5.56 Å². The number of hydrogen-bond donors (Lipinski definition) is 2. The summed E-state index contributed by atoms with van der Waals surface area (Å²) in [6, 6.07) is 14.4. The molecular formula is C21H26N4O3. The van der Waals surface area contributed by atoms with Gasteiger partial charge < -0.3 is 20.7 Å². The van der Waals surface area contributed by atoms with Gasteiger partial charge in [-0.2, -0.15) is 0 Å². The van der Waals surface area contributed by atoms with Gasteiger partial charge in [0.1, 0.15) is 5.82 Å². The fourth-order valence-electron chi connectivity index (χ4n) is 3.49. The summed E-state index contributed by atoms with van der Waals surface area (Å²) in [5.41, 5.74) is 7.27. The number of primary amides is 1. The van der Waals surface area contributed by atoms with Gasteiger partial charge in [-0.3, -0.25) is 4.79 Å². The number of aromatic nitrogens is 1. The SMILES string of the molecule is NC(=O)COC(=O)NCCC1CCN(c2ncccc2-c2ccccc2)CC1. The standard InChI is InChI=1S/C21H26N4O3/c22-19(26)15-28-21(27)24-12-8-16-9-13-25(14-10-16)20-18(7-4-11-23-20)17-5-2-1-3-6-17/h1-7,11,16H,8-10,12-15H2,(H2,22,26)(H,24,27). The van der Waals surface area contributed by atoms with Crippen molar-refractivity contribution < 1.29 is 14.3 Å². The first-order chi connectivity index (χ1) is 13.6. The van der Waals surface area contributed by atoms with Crippen LogP contribution in [0.1, 0.15) is 19.3 Å². The van der Waals surface area contributed by atoms with Crippen molar-refractivity contribution in [2.45, 2.75) is 19.3 Å². The Bertz CT molecular complexity index is 789. The van der Waals surface area contributed by atoms with E-state index in [9.17, 15) is 9.59 Å². The molecule has 7 heteroatoms. The average molecular weight is 382 g/mol. The van der Waals surface area contributed by atoms with Crippen LogP contribution < -0.4 is 16.0 Å². The van der Waals surface area contributed by atoms with Crippen LogP contribution in [0.4, 0.5) is 10.6 Å². The molecule has 0 spiro atoms. The molecule has 3 N–H and O–H groups in total. The fourth-order valence-corrected chi connectivity index (χ4v) is 3.49. The van der Waals surface area contributed by atoms with Crippen LogP contribution in [0.2, 0.25) is 0 Å². The third-order valence-corrected chi connectivity index (χ3v) is 4.95. The van der Waals surface area contributed by atoms with E-state index < -0.39 is 18.6 Å². The third kappa shape index (κ3) is 5.45. The van der Waals surface area contributed by atoms with Crippen LogP contribution in [-0.4, -0.2) is 43.2 Å². The molecule has 0 aliphatic carbocycles. The fraction of sp³-hybridized carbons (Fsp3) is 0.381. The quantitative estimate of drug-likeness (QED) is 0.767. The number of piperidine rings is 1. The molecule has 1 aliphatic heterocycles. The number of nitrogens with two attached hydrogens (primary N) is 1. The highest BCUT2D eigenvalue weighted by Crippen LogP contribution is 2.31. The summed E-state index contributed by atoms with van der Waals surface area (Å²) in [6.07, 6.45) is 4.21. The van der Waals surface area contributed by atoms with Gasteiger partial charge in [-0.05, 0) is 42.9 Å². The number of amides is 2. The van der Waals surface area contributed by atoms with Crippen molar-refractivity contribution in [3.8, 4) is 11.1 Å². The summed E-state index contributed by atoms with van der Waals surface area (Å²) in [7, 11) is 0. The average Bonchev–Trinajstić information content (AvgIpc) is 2.73. The maximum atomic E-state index is 11.4. The van der Waals surface area contributed by atoms with E-state index >= 15 is 0 Å². The Morgan fingerprint density at radius 3 is 2.61 bits per heavy atom. The monoisotopic (exact) mass is 382 g/mol. The summed E-state index contributed by atoms with van der Waals surface area (Å²) in [6.45, 7) is 2.01. The number of ether oxygens (including phenoxy) is 1. The molecule has 1 saturated heterocycles. The lowest BCUT2D eigenvalue weighted by atomic mass is 9.93. The smallest absolute Gasteiger partial charge is 0.407 e. The van der Waals surface area contributed by atoms with Gasteiger partial charge in [0.05, 0.1) is 0 Å². The number of hydrogen-bond acceptors (Lipinski definition) is 5. The number of rotatable bonds is 7. The zero-order valence-electron chi connectivity index (χ0n) is 15.8. The second kappa shape index (κ2) is 9.73. The minimum Gasteiger partial charge on any atom is -0.439 e. The Morgan fingerprint density at radius 1 is 1.14 bits per heavy atom. The van der Waals surface area contributed by atoms with Gasteiger partial charge in [0.25, 0.3) is 5.91 Å². The molecule has 1 aromatic heterocycles. The molecular weight excluding hydrogens is 356 g/mol. The first-order valence-electron chi connectivity index (χ1n) is 9.58. The van der Waals surface area contributed by atoms with Crippen LogP contribution in [0.15, 0.2) is 48.7 Å². The van der Waals surface area contributed by atoms with E-state index in [-0.39, 0.29) is 0 Å². The van der Waals surface area contributed by atoms with Gasteiger partial charge in [-0.1, -0.05) is 30.3 Å². The Balaban J connectivity index is 1.49. The molecule has 148 valence electrons. The van der Waals surface area contributed by atoms with Crippen LogP contribution in [-0.2, 0) is 9.53 Å². The molecule has 1 aromatic carbocycles. The maximum Gasteiger partial charge on any atom is 0.407 e. The predicted octanol–water partition coefficient (Wildman–Crippen LogP) is 2.57. The van der Waals surface area contributed by atoms with Gasteiger partial charge in [-0.25, -0.2) is 9.78 Å². The summed E-state index contributed by atoms with van der Waals surface area (Å²) in [5.74, 6) is 0.906. The lowest BCUT2D eigenvalue weighted by molar-refractivity contribution is -0.120. The van der Waals surface area contributed by atoms with Crippen LogP contribution in [0.5, 0.6) is 0 Å². The number of nitrogens with one attached hydrogen (secondary N) is 1. The first-order valence-corrected chi connectivity index (χ1v) is 9.58. The van der Waals surface area contributed by atoms with Crippen molar-refractivity contribution in [3.63, 3.8) is 0 Å². The first kappa shape index (κ1) is 19.7. The zero-order chi connectivity index (χ0) is 19.8. The number of anilines is 1. The number of carbonyl (C=O) groups excluding carboxylic acids is 2. The molecule has 2 aromatic rings. The molecule has 0 atom stereocenters. The Labute approximate surface area is 164 Å². The largest absolute Gasteiger partial charge is 0.439 e. The highest BCUT2D eigenvalue weighted by molar-refractivity contribution is 5.78. The Kier molecular flexibility index (Phi) is 6.84. The number of carbonyl (C=O) groups is 2. The molecule has 0 bridgehead atoms. The van der Waals surface area contributed by atoms with Crippen molar-refractivity contribution in [2.75, 3.05) is 31.1 Å². The lowest BCUT2D eigenvalue weighted by Gasteiger charge is -2.34. The molecule has 0 radical (unpaired) electrons. The summed E-state index contributed by atoms with van der Waals surface area (Å²) >= 11 is 0. The zero-order valence-corrected chi connectivity index (χ0v) is 15.8. The van der Waals surface area contributed by atoms with Gasteiger partial charge in [0.2, 0.25) is 0 Å². The van der Waals surface area contributed by atoms with Crippen LogP contribution >= 0.6 is 0 Å². The molecule has 0 unspecified atom stereocenters. The molecule has 3 rings (SSSR count). The minimum atomic E-state index is -0.660. The van der Waals surface area contributed by atoms with E-state index in [2.05, 4.69) is 38.1 Å². The minimum absolute atomic E-state index is 0.391. The van der Waals surface area contributed by atoms with Crippen LogP contribution in [0.25, 0.3) is 11.1 Å². The normalized spacial score (nSPS) is 14.5. The van der Waals surface area contributed by atoms with Crippen molar-refractivity contribution >= 4 is 17.8 Å². The summed E-state index contributed by atoms with van der Waals surface area (Å²) < 4.78 is 4.68. The molecule has 7 nitrogen and oxygen atoms in total. The number of nitrogens with zero attached hydrogens (tertiary/aromatic N) is 2. The molecule has 2 heterocycles.